The fourth-order valence-electron chi connectivity index (χ4n) is 3.36. The number of amides is 1. The molecule has 1 atom stereocenters. The maximum atomic E-state index is 11.2. The zero-order valence-electron chi connectivity index (χ0n) is 17.4. The first-order chi connectivity index (χ1) is 14.6. The van der Waals surface area contributed by atoms with Crippen molar-refractivity contribution in [3.8, 4) is 5.75 Å². The molecule has 4 N–H and O–H groups in total. The first-order valence-electron chi connectivity index (χ1n) is 9.89. The van der Waals surface area contributed by atoms with Crippen LogP contribution in [0, 0.1) is 0 Å². The maximum Gasteiger partial charge on any atom is 0.284 e. The molecule has 0 radical (unpaired) electrons. The topological polar surface area (TPSA) is 114 Å². The number of benzene rings is 1. The van der Waals surface area contributed by atoms with Crippen LogP contribution >= 0.6 is 0 Å². The highest BCUT2D eigenvalue weighted by Gasteiger charge is 2.23. The molecule has 30 heavy (non-hydrogen) atoms. The lowest BCUT2D eigenvalue weighted by Crippen LogP contribution is -2.46. The summed E-state index contributed by atoms with van der Waals surface area (Å²) in [6, 6.07) is 11.6. The second kappa shape index (κ2) is 10.7. The Hall–Kier alpha value is -3.04. The van der Waals surface area contributed by atoms with Crippen molar-refractivity contribution >= 4 is 11.9 Å². The number of nitrogens with zero attached hydrogens (tertiary/aromatic N) is 2. The van der Waals surface area contributed by atoms with E-state index in [0.717, 1.165) is 32.1 Å². The minimum absolute atomic E-state index is 0.140. The summed E-state index contributed by atoms with van der Waals surface area (Å²) in [6.45, 7) is 4.23. The van der Waals surface area contributed by atoms with E-state index >= 15 is 0 Å². The lowest BCUT2D eigenvalue weighted by atomic mass is 10.0. The first-order valence-corrected chi connectivity index (χ1v) is 9.89. The zero-order chi connectivity index (χ0) is 21.3. The van der Waals surface area contributed by atoms with E-state index in [-0.39, 0.29) is 11.8 Å². The molecule has 9 nitrogen and oxygen atoms in total. The summed E-state index contributed by atoms with van der Waals surface area (Å²) in [7, 11) is 3.38. The zero-order valence-corrected chi connectivity index (χ0v) is 17.4. The minimum Gasteiger partial charge on any atom is -0.497 e. The second-order valence-electron chi connectivity index (χ2n) is 6.87. The average molecular weight is 415 g/mol. The van der Waals surface area contributed by atoms with Crippen molar-refractivity contribution in [2.75, 3.05) is 47.0 Å². The fourth-order valence-corrected chi connectivity index (χ4v) is 3.36. The molecule has 1 aliphatic heterocycles. The van der Waals surface area contributed by atoms with E-state index < -0.39 is 5.91 Å². The number of rotatable bonds is 8. The summed E-state index contributed by atoms with van der Waals surface area (Å²) in [5.74, 6) is 1.63. The Morgan fingerprint density at radius 1 is 1.20 bits per heavy atom. The van der Waals surface area contributed by atoms with Crippen molar-refractivity contribution in [1.82, 2.24) is 15.5 Å². The molecule has 1 aromatic carbocycles. The molecule has 0 saturated carbocycles. The van der Waals surface area contributed by atoms with Crippen LogP contribution in [0.25, 0.3) is 0 Å². The van der Waals surface area contributed by atoms with E-state index in [1.807, 2.05) is 12.1 Å². The number of guanidine groups is 1. The number of furan rings is 1. The van der Waals surface area contributed by atoms with Crippen molar-refractivity contribution in [3.05, 3.63) is 53.5 Å². The number of primary amides is 1. The van der Waals surface area contributed by atoms with Gasteiger partial charge < -0.3 is 30.3 Å². The normalized spacial score (nSPS) is 16.1. The van der Waals surface area contributed by atoms with Gasteiger partial charge in [0.25, 0.3) is 5.91 Å². The van der Waals surface area contributed by atoms with Crippen LogP contribution in [0.5, 0.6) is 5.75 Å². The largest absolute Gasteiger partial charge is 0.497 e. The molecule has 1 aliphatic rings. The average Bonchev–Trinajstić information content (AvgIpc) is 3.26. The molecule has 9 heteroatoms. The third-order valence-electron chi connectivity index (χ3n) is 5.01. The lowest BCUT2D eigenvalue weighted by molar-refractivity contribution is 0.0170. The van der Waals surface area contributed by atoms with E-state index in [2.05, 4.69) is 32.7 Å². The molecule has 2 aromatic rings. The van der Waals surface area contributed by atoms with Crippen LogP contribution in [-0.2, 0) is 11.3 Å². The number of morpholine rings is 1. The molecule has 1 fully saturated rings. The van der Waals surface area contributed by atoms with E-state index in [9.17, 15) is 4.79 Å². The van der Waals surface area contributed by atoms with Gasteiger partial charge in [-0.1, -0.05) is 12.1 Å². The molecule has 1 amide bonds. The summed E-state index contributed by atoms with van der Waals surface area (Å²) < 4.78 is 16.2. The molecule has 0 aliphatic carbocycles. The van der Waals surface area contributed by atoms with Gasteiger partial charge in [-0.05, 0) is 29.8 Å². The van der Waals surface area contributed by atoms with Crippen LogP contribution in [0.4, 0.5) is 0 Å². The number of carbonyl (C=O) groups is 1. The third kappa shape index (κ3) is 5.74. The number of nitrogens with two attached hydrogens (primary N) is 1. The summed E-state index contributed by atoms with van der Waals surface area (Å²) in [6.07, 6.45) is 0. The molecule has 0 spiro atoms. The van der Waals surface area contributed by atoms with Crippen LogP contribution in [0.3, 0.4) is 0 Å². The Balaban J connectivity index is 1.62. The fraction of sp³-hybridized carbons (Fsp3) is 0.429. The molecule has 162 valence electrons. The molecule has 1 unspecified atom stereocenters. The highest BCUT2D eigenvalue weighted by Crippen LogP contribution is 2.23. The predicted octanol–water partition coefficient (Wildman–Crippen LogP) is 1.13. The van der Waals surface area contributed by atoms with E-state index in [4.69, 9.17) is 19.6 Å². The van der Waals surface area contributed by atoms with E-state index in [0.29, 0.717) is 24.8 Å². The molecule has 0 bridgehead atoms. The Labute approximate surface area is 176 Å². The van der Waals surface area contributed by atoms with Gasteiger partial charge in [0.05, 0.1) is 32.9 Å². The van der Waals surface area contributed by atoms with Crippen LogP contribution in [0.2, 0.25) is 0 Å². The van der Waals surface area contributed by atoms with Gasteiger partial charge in [-0.3, -0.25) is 14.7 Å². The maximum absolute atomic E-state index is 11.2. The van der Waals surface area contributed by atoms with Gasteiger partial charge in [0, 0.05) is 26.7 Å². The highest BCUT2D eigenvalue weighted by atomic mass is 16.5. The van der Waals surface area contributed by atoms with E-state index in [1.165, 1.54) is 5.56 Å². The van der Waals surface area contributed by atoms with Crippen LogP contribution < -0.4 is 21.1 Å². The predicted molar refractivity (Wildman–Crippen MR) is 114 cm³/mol. The van der Waals surface area contributed by atoms with Gasteiger partial charge in [-0.25, -0.2) is 0 Å². The van der Waals surface area contributed by atoms with Gasteiger partial charge in [0.1, 0.15) is 11.5 Å². The smallest absolute Gasteiger partial charge is 0.284 e. The van der Waals surface area contributed by atoms with Crippen molar-refractivity contribution in [3.63, 3.8) is 0 Å². The minimum atomic E-state index is -0.586. The van der Waals surface area contributed by atoms with E-state index in [1.54, 1.807) is 26.3 Å². The van der Waals surface area contributed by atoms with Gasteiger partial charge >= 0.3 is 0 Å². The van der Waals surface area contributed by atoms with Crippen molar-refractivity contribution in [1.29, 1.82) is 0 Å². The Bertz CT molecular complexity index is 843. The second-order valence-corrected chi connectivity index (χ2v) is 6.87. The SMILES string of the molecule is CN=C(NCc1ccc(C(N)=O)o1)NCC(c1ccc(OC)cc1)N1CCOCC1. The number of hydrogen-bond acceptors (Lipinski definition) is 6. The number of aliphatic imine (C=N–C) groups is 1. The third-order valence-corrected chi connectivity index (χ3v) is 5.01. The number of hydrogen-bond donors (Lipinski definition) is 3. The van der Waals surface area contributed by atoms with Gasteiger partial charge in [-0.2, -0.15) is 0 Å². The standard InChI is InChI=1S/C21H29N5O4/c1-23-21(24-13-17-7-8-19(30-17)20(22)27)25-14-18(26-9-11-29-12-10-26)15-3-5-16(28-2)6-4-15/h3-8,18H,9-14H2,1-2H3,(H2,22,27)(H2,23,24,25). The molecular weight excluding hydrogens is 386 g/mol. The number of carbonyl (C=O) groups excluding carboxylic acids is 1. The number of methoxy groups -OCH3 is 1. The summed E-state index contributed by atoms with van der Waals surface area (Å²) in [5, 5.41) is 6.58. The van der Waals surface area contributed by atoms with Crippen LogP contribution in [0.15, 0.2) is 45.8 Å². The molecule has 1 saturated heterocycles. The summed E-state index contributed by atoms with van der Waals surface area (Å²) in [4.78, 5) is 17.8. The Morgan fingerprint density at radius 2 is 1.93 bits per heavy atom. The molecule has 3 rings (SSSR count). The first kappa shape index (κ1) is 21.7. The number of ether oxygens (including phenoxy) is 2. The Morgan fingerprint density at radius 3 is 2.53 bits per heavy atom. The molecule has 1 aromatic heterocycles. The summed E-state index contributed by atoms with van der Waals surface area (Å²) in [5.41, 5.74) is 6.42. The molecular formula is C21H29N5O4. The van der Waals surface area contributed by atoms with Crippen molar-refractivity contribution in [2.24, 2.45) is 10.7 Å². The quantitative estimate of drug-likeness (QED) is 0.437. The van der Waals surface area contributed by atoms with Gasteiger partial charge in [0.15, 0.2) is 11.7 Å². The van der Waals surface area contributed by atoms with Crippen LogP contribution in [-0.4, -0.2) is 63.8 Å². The van der Waals surface area contributed by atoms with Gasteiger partial charge in [0.2, 0.25) is 0 Å². The monoisotopic (exact) mass is 415 g/mol. The number of nitrogens with one attached hydrogen (secondary N) is 2. The van der Waals surface area contributed by atoms with Crippen molar-refractivity contribution in [2.45, 2.75) is 12.6 Å². The van der Waals surface area contributed by atoms with Crippen molar-refractivity contribution < 1.29 is 18.7 Å². The molecule has 2 heterocycles. The summed E-state index contributed by atoms with van der Waals surface area (Å²) >= 11 is 0. The van der Waals surface area contributed by atoms with Gasteiger partial charge in [-0.15, -0.1) is 0 Å². The lowest BCUT2D eigenvalue weighted by Gasteiger charge is -2.35. The Kier molecular flexibility index (Phi) is 7.69. The van der Waals surface area contributed by atoms with Crippen LogP contribution in [0.1, 0.15) is 27.9 Å². The highest BCUT2D eigenvalue weighted by molar-refractivity contribution is 5.89.